The lowest BCUT2D eigenvalue weighted by Gasteiger charge is -1.98. The average molecular weight is 283 g/mol. The van der Waals surface area contributed by atoms with Crippen molar-refractivity contribution in [3.05, 3.63) is 76.8 Å². The smallest absolute Gasteiger partial charge is 0.0250 e. The van der Waals surface area contributed by atoms with E-state index in [-0.39, 0.29) is 0 Å². The van der Waals surface area contributed by atoms with Gasteiger partial charge < -0.3 is 0 Å². The summed E-state index contributed by atoms with van der Waals surface area (Å²) in [7, 11) is 0. The molecular weight excluding hydrogens is 272 g/mol. The van der Waals surface area contributed by atoms with Gasteiger partial charge in [-0.2, -0.15) is 0 Å². The zero-order chi connectivity index (χ0) is 12.1. The fourth-order valence-electron chi connectivity index (χ4n) is 1.42. The van der Waals surface area contributed by atoms with Gasteiger partial charge in [0.25, 0.3) is 0 Å². The summed E-state index contributed by atoms with van der Waals surface area (Å²) in [5.41, 5.74) is 2.88. The third-order valence-corrected chi connectivity index (χ3v) is 2.80. The molecule has 0 nitrogen and oxygen atoms in total. The quantitative estimate of drug-likeness (QED) is 0.675. The lowest BCUT2D eigenvalue weighted by Crippen LogP contribution is -1.79. The van der Waals surface area contributed by atoms with Gasteiger partial charge in [-0.1, -0.05) is 64.7 Å². The lowest BCUT2D eigenvalue weighted by molar-refractivity contribution is 1.59. The van der Waals surface area contributed by atoms with Crippen molar-refractivity contribution in [2.45, 2.75) is 0 Å². The third kappa shape index (κ3) is 3.34. The van der Waals surface area contributed by atoms with Gasteiger partial charge in [-0.05, 0) is 29.8 Å². The molecule has 0 aliphatic carbocycles. The zero-order valence-corrected chi connectivity index (χ0v) is 10.9. The number of hydrogen-bond acceptors (Lipinski definition) is 0. The molecule has 0 saturated heterocycles. The van der Waals surface area contributed by atoms with Crippen molar-refractivity contribution in [1.82, 2.24) is 0 Å². The molecule has 0 heterocycles. The summed E-state index contributed by atoms with van der Waals surface area (Å²) in [6, 6.07) is 17.9. The van der Waals surface area contributed by atoms with E-state index in [1.54, 1.807) is 0 Å². The first-order chi connectivity index (χ1) is 8.25. The normalized spacial score (nSPS) is 9.24. The Morgan fingerprint density at radius 1 is 1.00 bits per heavy atom. The highest BCUT2D eigenvalue weighted by molar-refractivity contribution is 9.10. The van der Waals surface area contributed by atoms with E-state index in [9.17, 15) is 0 Å². The lowest BCUT2D eigenvalue weighted by atomic mass is 10.1. The molecule has 0 atom stereocenters. The number of rotatable bonds is 1. The van der Waals surface area contributed by atoms with Crippen LogP contribution in [0.3, 0.4) is 0 Å². The van der Waals surface area contributed by atoms with E-state index >= 15 is 0 Å². The number of benzene rings is 2. The Hall–Kier alpha value is -1.78. The molecule has 0 unspecified atom stereocenters. The van der Waals surface area contributed by atoms with Crippen molar-refractivity contribution in [1.29, 1.82) is 0 Å². The molecule has 0 aromatic heterocycles. The van der Waals surface area contributed by atoms with Gasteiger partial charge in [0.2, 0.25) is 0 Å². The maximum Gasteiger partial charge on any atom is 0.0250 e. The third-order valence-electron chi connectivity index (χ3n) is 2.30. The van der Waals surface area contributed by atoms with Crippen LogP contribution in [0.25, 0.3) is 5.57 Å². The second kappa shape index (κ2) is 5.52. The van der Waals surface area contributed by atoms with Crippen molar-refractivity contribution < 1.29 is 0 Å². The predicted octanol–water partition coefficient (Wildman–Crippen LogP) is 4.51. The predicted molar refractivity (Wildman–Crippen MR) is 76.5 cm³/mol. The molecule has 0 spiro atoms. The fourth-order valence-corrected chi connectivity index (χ4v) is 1.82. The van der Waals surface area contributed by atoms with E-state index < -0.39 is 0 Å². The van der Waals surface area contributed by atoms with Gasteiger partial charge in [0.05, 0.1) is 0 Å². The Morgan fingerprint density at radius 3 is 2.47 bits per heavy atom. The highest BCUT2D eigenvalue weighted by atomic mass is 79.9. The summed E-state index contributed by atoms with van der Waals surface area (Å²) in [6.07, 6.45) is 0. The molecule has 0 radical (unpaired) electrons. The van der Waals surface area contributed by atoms with Crippen LogP contribution in [0, 0.1) is 11.8 Å². The Labute approximate surface area is 110 Å². The Bertz CT molecular complexity index is 586. The van der Waals surface area contributed by atoms with Crippen LogP contribution >= 0.6 is 15.9 Å². The zero-order valence-electron chi connectivity index (χ0n) is 9.28. The van der Waals surface area contributed by atoms with Gasteiger partial charge in [0.1, 0.15) is 0 Å². The minimum atomic E-state index is 0.829. The number of hydrogen-bond donors (Lipinski definition) is 0. The van der Waals surface area contributed by atoms with Crippen molar-refractivity contribution in [3.8, 4) is 11.8 Å². The van der Waals surface area contributed by atoms with Crippen LogP contribution in [0.2, 0.25) is 0 Å². The molecule has 0 fully saturated rings. The van der Waals surface area contributed by atoms with Crippen LogP contribution in [0.15, 0.2) is 65.6 Å². The van der Waals surface area contributed by atoms with Crippen LogP contribution in [0.1, 0.15) is 11.1 Å². The van der Waals surface area contributed by atoms with Gasteiger partial charge in [-0.3, -0.25) is 0 Å². The largest absolute Gasteiger partial charge is 0.0827 e. The minimum Gasteiger partial charge on any atom is -0.0827 e. The first-order valence-electron chi connectivity index (χ1n) is 5.27. The molecule has 0 bridgehead atoms. The van der Waals surface area contributed by atoms with E-state index in [1.165, 1.54) is 0 Å². The van der Waals surface area contributed by atoms with Crippen molar-refractivity contribution in [3.63, 3.8) is 0 Å². The Kier molecular flexibility index (Phi) is 3.80. The average Bonchev–Trinajstić information content (AvgIpc) is 2.37. The Balaban J connectivity index is 2.21. The number of allylic oxidation sites excluding steroid dienone is 1. The molecule has 1 heteroatoms. The molecule has 2 rings (SSSR count). The summed E-state index contributed by atoms with van der Waals surface area (Å²) in [4.78, 5) is 0. The van der Waals surface area contributed by atoms with Crippen LogP contribution in [-0.4, -0.2) is 0 Å². The maximum atomic E-state index is 3.99. The summed E-state index contributed by atoms with van der Waals surface area (Å²) in [6.45, 7) is 3.99. The monoisotopic (exact) mass is 282 g/mol. The molecular formula is C16H11Br. The second-order valence-electron chi connectivity index (χ2n) is 3.60. The van der Waals surface area contributed by atoms with Gasteiger partial charge in [-0.15, -0.1) is 0 Å². The molecule has 0 N–H and O–H groups in total. The minimum absolute atomic E-state index is 0.829. The molecule has 2 aromatic carbocycles. The van der Waals surface area contributed by atoms with Gasteiger partial charge in [0.15, 0.2) is 0 Å². The van der Waals surface area contributed by atoms with Crippen LogP contribution in [0.5, 0.6) is 0 Å². The number of halogens is 1. The van der Waals surface area contributed by atoms with Crippen LogP contribution < -0.4 is 0 Å². The first kappa shape index (κ1) is 11.7. The van der Waals surface area contributed by atoms with E-state index in [0.717, 1.165) is 21.2 Å². The SMILES string of the molecule is C=C(C#Cc1ccccc1)c1cccc(Br)c1. The molecule has 0 aliphatic heterocycles. The molecule has 2 aromatic rings. The maximum absolute atomic E-state index is 3.99. The highest BCUT2D eigenvalue weighted by Gasteiger charge is 1.95. The van der Waals surface area contributed by atoms with Gasteiger partial charge in [0, 0.05) is 15.6 Å². The second-order valence-corrected chi connectivity index (χ2v) is 4.52. The Morgan fingerprint density at radius 2 is 1.76 bits per heavy atom. The summed E-state index contributed by atoms with van der Waals surface area (Å²) in [5.74, 6) is 6.17. The van der Waals surface area contributed by atoms with Crippen LogP contribution in [0.4, 0.5) is 0 Å². The van der Waals surface area contributed by atoms with E-state index in [2.05, 4.69) is 34.3 Å². The molecule has 0 saturated carbocycles. The van der Waals surface area contributed by atoms with Crippen LogP contribution in [-0.2, 0) is 0 Å². The van der Waals surface area contributed by atoms with Crippen molar-refractivity contribution >= 4 is 21.5 Å². The fraction of sp³-hybridized carbons (Fsp3) is 0. The molecule has 17 heavy (non-hydrogen) atoms. The van der Waals surface area contributed by atoms with E-state index in [1.807, 2.05) is 54.6 Å². The first-order valence-corrected chi connectivity index (χ1v) is 6.07. The summed E-state index contributed by atoms with van der Waals surface area (Å²) < 4.78 is 1.04. The van der Waals surface area contributed by atoms with Gasteiger partial charge in [-0.25, -0.2) is 0 Å². The topological polar surface area (TPSA) is 0 Å². The molecule has 0 amide bonds. The van der Waals surface area contributed by atoms with Crippen molar-refractivity contribution in [2.75, 3.05) is 0 Å². The molecule has 82 valence electrons. The highest BCUT2D eigenvalue weighted by Crippen LogP contribution is 2.17. The summed E-state index contributed by atoms with van der Waals surface area (Å²) >= 11 is 3.44. The summed E-state index contributed by atoms with van der Waals surface area (Å²) in [5, 5.41) is 0. The van der Waals surface area contributed by atoms with Crippen molar-refractivity contribution in [2.24, 2.45) is 0 Å². The van der Waals surface area contributed by atoms with Gasteiger partial charge >= 0.3 is 0 Å². The standard InChI is InChI=1S/C16H11Br/c1-13(15-8-5-9-16(17)12-15)10-11-14-6-3-2-4-7-14/h2-9,12H,1H2. The van der Waals surface area contributed by atoms with E-state index in [4.69, 9.17) is 0 Å². The molecule has 0 aliphatic rings. The van der Waals surface area contributed by atoms with E-state index in [0.29, 0.717) is 0 Å².